The van der Waals surface area contributed by atoms with Gasteiger partial charge in [-0.3, -0.25) is 4.79 Å². The van der Waals surface area contributed by atoms with E-state index in [1.165, 1.54) is 12.4 Å². The third-order valence-corrected chi connectivity index (χ3v) is 4.51. The van der Waals surface area contributed by atoms with E-state index in [0.717, 1.165) is 16.9 Å². The maximum atomic E-state index is 12.6. The molecule has 1 aromatic heterocycles. The van der Waals surface area contributed by atoms with E-state index in [1.807, 2.05) is 42.5 Å². The molecule has 2 aromatic carbocycles. The smallest absolute Gasteiger partial charge is 0.275 e. The van der Waals surface area contributed by atoms with Crippen LogP contribution in [0, 0.1) is 0 Å². The van der Waals surface area contributed by atoms with Crippen LogP contribution in [0.2, 0.25) is 0 Å². The summed E-state index contributed by atoms with van der Waals surface area (Å²) >= 11 is 0. The van der Waals surface area contributed by atoms with Crippen LogP contribution in [0.5, 0.6) is 11.5 Å². The number of nitrogens with zero attached hydrogens (tertiary/aromatic N) is 2. The summed E-state index contributed by atoms with van der Waals surface area (Å²) in [5.74, 6) is 1.61. The number of amides is 1. The zero-order chi connectivity index (χ0) is 20.4. The molecular formula is C22H22N4O3. The molecule has 0 saturated heterocycles. The molecule has 0 bridgehead atoms. The normalized spacial score (nSPS) is 12.5. The number of nitrogens with one attached hydrogen (secondary N) is 2. The molecule has 7 heteroatoms. The van der Waals surface area contributed by atoms with Crippen LogP contribution in [0.15, 0.2) is 54.9 Å². The van der Waals surface area contributed by atoms with Crippen molar-refractivity contribution >= 4 is 23.1 Å². The topological polar surface area (TPSA) is 85.4 Å². The average molecular weight is 390 g/mol. The van der Waals surface area contributed by atoms with Gasteiger partial charge in [0.15, 0.2) is 11.5 Å². The number of rotatable bonds is 4. The van der Waals surface area contributed by atoms with Gasteiger partial charge in [0.1, 0.15) is 11.5 Å². The molecule has 2 N–H and O–H groups in total. The molecule has 29 heavy (non-hydrogen) atoms. The molecule has 0 aliphatic carbocycles. The zero-order valence-electron chi connectivity index (χ0n) is 16.5. The number of hydrogen-bond acceptors (Lipinski definition) is 6. The van der Waals surface area contributed by atoms with Crippen LogP contribution in [-0.4, -0.2) is 22.7 Å². The van der Waals surface area contributed by atoms with Gasteiger partial charge in [-0.1, -0.05) is 39.0 Å². The fraction of sp³-hybridized carbons (Fsp3) is 0.227. The van der Waals surface area contributed by atoms with E-state index >= 15 is 0 Å². The van der Waals surface area contributed by atoms with E-state index in [4.69, 9.17) is 9.47 Å². The highest BCUT2D eigenvalue weighted by Crippen LogP contribution is 2.35. The van der Waals surface area contributed by atoms with Gasteiger partial charge in [-0.05, 0) is 29.2 Å². The van der Waals surface area contributed by atoms with E-state index in [2.05, 4.69) is 41.4 Å². The molecule has 0 atom stereocenters. The summed E-state index contributed by atoms with van der Waals surface area (Å²) in [6.07, 6.45) is 2.97. The minimum atomic E-state index is -0.302. The Bertz CT molecular complexity index is 1040. The van der Waals surface area contributed by atoms with Crippen molar-refractivity contribution in [2.24, 2.45) is 0 Å². The van der Waals surface area contributed by atoms with Crippen molar-refractivity contribution in [2.75, 3.05) is 17.4 Å². The minimum Gasteiger partial charge on any atom is -0.454 e. The van der Waals surface area contributed by atoms with Crippen molar-refractivity contribution in [3.63, 3.8) is 0 Å². The molecule has 148 valence electrons. The molecule has 0 saturated carbocycles. The largest absolute Gasteiger partial charge is 0.454 e. The van der Waals surface area contributed by atoms with Crippen molar-refractivity contribution < 1.29 is 14.3 Å². The first-order valence-corrected chi connectivity index (χ1v) is 9.30. The monoisotopic (exact) mass is 390 g/mol. The Labute approximate surface area is 169 Å². The lowest BCUT2D eigenvalue weighted by molar-refractivity contribution is 0.102. The molecule has 7 nitrogen and oxygen atoms in total. The fourth-order valence-electron chi connectivity index (χ4n) is 3.06. The lowest BCUT2D eigenvalue weighted by Crippen LogP contribution is -2.19. The van der Waals surface area contributed by atoms with Gasteiger partial charge in [0, 0.05) is 17.4 Å². The number of carbonyl (C=O) groups excluding carboxylic acids is 1. The van der Waals surface area contributed by atoms with Crippen LogP contribution in [0.1, 0.15) is 36.8 Å². The Morgan fingerprint density at radius 2 is 1.79 bits per heavy atom. The van der Waals surface area contributed by atoms with Gasteiger partial charge in [-0.2, -0.15) is 0 Å². The van der Waals surface area contributed by atoms with E-state index in [9.17, 15) is 4.79 Å². The number of anilines is 3. The summed E-state index contributed by atoms with van der Waals surface area (Å²) in [6.45, 7) is 6.54. The first kappa shape index (κ1) is 18.7. The van der Waals surface area contributed by atoms with Crippen LogP contribution in [0.3, 0.4) is 0 Å². The van der Waals surface area contributed by atoms with Crippen LogP contribution in [0.25, 0.3) is 0 Å². The van der Waals surface area contributed by atoms with Gasteiger partial charge >= 0.3 is 0 Å². The van der Waals surface area contributed by atoms with E-state index in [-0.39, 0.29) is 23.8 Å². The molecule has 4 rings (SSSR count). The number of para-hydroxylation sites is 1. The van der Waals surface area contributed by atoms with E-state index in [0.29, 0.717) is 17.3 Å². The maximum absolute atomic E-state index is 12.6. The molecule has 0 fully saturated rings. The zero-order valence-corrected chi connectivity index (χ0v) is 16.5. The Kier molecular flexibility index (Phi) is 4.80. The first-order valence-electron chi connectivity index (χ1n) is 9.30. The molecule has 1 amide bonds. The highest BCUT2D eigenvalue weighted by molar-refractivity contribution is 6.03. The van der Waals surface area contributed by atoms with Crippen molar-refractivity contribution in [3.05, 3.63) is 66.1 Å². The Morgan fingerprint density at radius 3 is 2.55 bits per heavy atom. The number of carbonyl (C=O) groups is 1. The maximum Gasteiger partial charge on any atom is 0.275 e. The highest BCUT2D eigenvalue weighted by atomic mass is 16.7. The molecule has 0 unspecified atom stereocenters. The quantitative estimate of drug-likeness (QED) is 0.682. The second-order valence-electron chi connectivity index (χ2n) is 7.73. The predicted molar refractivity (Wildman–Crippen MR) is 111 cm³/mol. The van der Waals surface area contributed by atoms with Crippen LogP contribution in [0.4, 0.5) is 17.2 Å². The number of benzene rings is 2. The molecule has 0 spiro atoms. The SMILES string of the molecule is CC(C)(C)c1ccccc1NC(=O)c1cnc(Nc2ccc3c(c2)OCO3)cn1. The number of aromatic nitrogens is 2. The van der Waals surface area contributed by atoms with E-state index in [1.54, 1.807) is 0 Å². The predicted octanol–water partition coefficient (Wildman–Crippen LogP) is 4.50. The van der Waals surface area contributed by atoms with Gasteiger partial charge < -0.3 is 20.1 Å². The summed E-state index contributed by atoms with van der Waals surface area (Å²) < 4.78 is 10.7. The van der Waals surface area contributed by atoms with Crippen molar-refractivity contribution in [1.29, 1.82) is 0 Å². The number of hydrogen-bond donors (Lipinski definition) is 2. The lowest BCUT2D eigenvalue weighted by atomic mass is 9.86. The van der Waals surface area contributed by atoms with Crippen LogP contribution >= 0.6 is 0 Å². The van der Waals surface area contributed by atoms with Crippen molar-refractivity contribution in [2.45, 2.75) is 26.2 Å². The summed E-state index contributed by atoms with van der Waals surface area (Å²) in [5, 5.41) is 6.08. The average Bonchev–Trinajstić information content (AvgIpc) is 3.16. The second kappa shape index (κ2) is 7.43. The van der Waals surface area contributed by atoms with Crippen molar-refractivity contribution in [1.82, 2.24) is 9.97 Å². The number of ether oxygens (including phenoxy) is 2. The lowest BCUT2D eigenvalue weighted by Gasteiger charge is -2.22. The van der Waals surface area contributed by atoms with E-state index < -0.39 is 0 Å². The van der Waals surface area contributed by atoms with Gasteiger partial charge in [-0.25, -0.2) is 9.97 Å². The van der Waals surface area contributed by atoms with Gasteiger partial charge in [0.25, 0.3) is 5.91 Å². The fourth-order valence-corrected chi connectivity index (χ4v) is 3.06. The third-order valence-electron chi connectivity index (χ3n) is 4.51. The first-order chi connectivity index (χ1) is 13.9. The second-order valence-corrected chi connectivity index (χ2v) is 7.73. The molecule has 3 aromatic rings. The third kappa shape index (κ3) is 4.13. The van der Waals surface area contributed by atoms with Gasteiger partial charge in [0.05, 0.1) is 12.4 Å². The minimum absolute atomic E-state index is 0.0893. The summed E-state index contributed by atoms with van der Waals surface area (Å²) in [5.41, 5.74) is 2.77. The summed E-state index contributed by atoms with van der Waals surface area (Å²) in [4.78, 5) is 21.2. The molecular weight excluding hydrogens is 368 g/mol. The van der Waals surface area contributed by atoms with Crippen LogP contribution in [-0.2, 0) is 5.41 Å². The Hall–Kier alpha value is -3.61. The highest BCUT2D eigenvalue weighted by Gasteiger charge is 2.19. The summed E-state index contributed by atoms with van der Waals surface area (Å²) in [7, 11) is 0. The molecule has 1 aliphatic rings. The summed E-state index contributed by atoms with van der Waals surface area (Å²) in [6, 6.07) is 13.3. The van der Waals surface area contributed by atoms with Gasteiger partial charge in [-0.15, -0.1) is 0 Å². The molecule has 0 radical (unpaired) electrons. The number of fused-ring (bicyclic) bond motifs is 1. The van der Waals surface area contributed by atoms with Crippen LogP contribution < -0.4 is 20.1 Å². The van der Waals surface area contributed by atoms with Crippen molar-refractivity contribution in [3.8, 4) is 11.5 Å². The van der Waals surface area contributed by atoms with Gasteiger partial charge in [0.2, 0.25) is 6.79 Å². The molecule has 2 heterocycles. The Balaban J connectivity index is 1.46. The molecule has 1 aliphatic heterocycles. The Morgan fingerprint density at radius 1 is 1.00 bits per heavy atom. The standard InChI is InChI=1S/C22H22N4O3/c1-22(2,3)15-6-4-5-7-16(15)26-21(27)17-11-24-20(12-23-17)25-14-8-9-18-19(10-14)29-13-28-18/h4-12H,13H2,1-3H3,(H,24,25)(H,26,27).